The molecule has 40 heavy (non-hydrogen) atoms. The number of likely N-dealkylation sites (N-methyl/N-ethyl adjacent to an activating group) is 1. The van der Waals surface area contributed by atoms with Crippen LogP contribution in [0.2, 0.25) is 0 Å². The SMILES string of the molecule is COc1ccc(NC(=O)Nc2ccc3c(c2)C(=O)N([C@@H](C)CO)C[C@H](C)[C@H](CN(C)CC2CCCCC2)O3)cc1. The minimum absolute atomic E-state index is 0.0629. The van der Waals surface area contributed by atoms with Gasteiger partial charge in [0.25, 0.3) is 5.91 Å². The van der Waals surface area contributed by atoms with Gasteiger partial charge >= 0.3 is 6.03 Å². The second-order valence-corrected chi connectivity index (χ2v) is 11.4. The molecule has 0 aromatic heterocycles. The number of amides is 3. The largest absolute Gasteiger partial charge is 0.497 e. The number of ether oxygens (including phenoxy) is 2. The molecule has 3 amide bonds. The van der Waals surface area contributed by atoms with Crippen LogP contribution in [0.25, 0.3) is 0 Å². The maximum absolute atomic E-state index is 13.7. The number of nitrogens with one attached hydrogen (secondary N) is 2. The molecule has 0 saturated heterocycles. The van der Waals surface area contributed by atoms with Crippen LogP contribution in [0.4, 0.5) is 16.2 Å². The molecule has 2 aromatic carbocycles. The lowest BCUT2D eigenvalue weighted by atomic mass is 9.89. The zero-order valence-corrected chi connectivity index (χ0v) is 24.2. The first-order valence-corrected chi connectivity index (χ1v) is 14.4. The highest BCUT2D eigenvalue weighted by Crippen LogP contribution is 2.31. The van der Waals surface area contributed by atoms with Crippen molar-refractivity contribution in [2.45, 2.75) is 58.1 Å². The number of hydrogen-bond acceptors (Lipinski definition) is 6. The van der Waals surface area contributed by atoms with Crippen LogP contribution in [0.15, 0.2) is 42.5 Å². The molecule has 9 heteroatoms. The molecule has 0 bridgehead atoms. The third-order valence-electron chi connectivity index (χ3n) is 8.06. The molecule has 1 aliphatic carbocycles. The van der Waals surface area contributed by atoms with Gasteiger partial charge in [0.15, 0.2) is 0 Å². The minimum atomic E-state index is -0.430. The number of aliphatic hydroxyl groups excluding tert-OH is 1. The van der Waals surface area contributed by atoms with Crippen molar-refractivity contribution in [2.75, 3.05) is 51.0 Å². The van der Waals surface area contributed by atoms with Crippen LogP contribution in [0.3, 0.4) is 0 Å². The number of fused-ring (bicyclic) bond motifs is 1. The summed E-state index contributed by atoms with van der Waals surface area (Å²) in [5, 5.41) is 15.5. The Balaban J connectivity index is 1.52. The predicted octanol–water partition coefficient (Wildman–Crippen LogP) is 5.07. The number of anilines is 2. The molecule has 218 valence electrons. The van der Waals surface area contributed by atoms with Gasteiger partial charge in [-0.1, -0.05) is 26.2 Å². The Kier molecular flexibility index (Phi) is 10.3. The average molecular weight is 553 g/mol. The van der Waals surface area contributed by atoms with Crippen molar-refractivity contribution in [3.63, 3.8) is 0 Å². The molecule has 9 nitrogen and oxygen atoms in total. The van der Waals surface area contributed by atoms with Gasteiger partial charge in [-0.3, -0.25) is 4.79 Å². The minimum Gasteiger partial charge on any atom is -0.497 e. The van der Waals surface area contributed by atoms with E-state index in [0.717, 1.165) is 19.0 Å². The summed E-state index contributed by atoms with van der Waals surface area (Å²) in [5.41, 5.74) is 1.45. The summed E-state index contributed by atoms with van der Waals surface area (Å²) in [4.78, 5) is 30.5. The van der Waals surface area contributed by atoms with E-state index in [9.17, 15) is 14.7 Å². The fourth-order valence-electron chi connectivity index (χ4n) is 5.68. The normalized spacial score (nSPS) is 20.6. The lowest BCUT2D eigenvalue weighted by Crippen LogP contribution is -2.50. The number of rotatable bonds is 9. The van der Waals surface area contributed by atoms with Crippen LogP contribution in [0.1, 0.15) is 56.3 Å². The van der Waals surface area contributed by atoms with E-state index < -0.39 is 6.03 Å². The van der Waals surface area contributed by atoms with Crippen molar-refractivity contribution in [3.8, 4) is 11.5 Å². The Labute approximate surface area is 237 Å². The number of methoxy groups -OCH3 is 1. The van der Waals surface area contributed by atoms with Crippen molar-refractivity contribution in [1.29, 1.82) is 0 Å². The molecule has 2 aliphatic rings. The first kappa shape index (κ1) is 29.7. The smallest absolute Gasteiger partial charge is 0.323 e. The van der Waals surface area contributed by atoms with E-state index in [4.69, 9.17) is 9.47 Å². The maximum Gasteiger partial charge on any atom is 0.323 e. The molecular weight excluding hydrogens is 508 g/mol. The van der Waals surface area contributed by atoms with Gasteiger partial charge in [0.2, 0.25) is 0 Å². The highest BCUT2D eigenvalue weighted by Gasteiger charge is 2.34. The van der Waals surface area contributed by atoms with Crippen LogP contribution >= 0.6 is 0 Å². The van der Waals surface area contributed by atoms with Crippen LogP contribution in [-0.2, 0) is 0 Å². The summed E-state index contributed by atoms with van der Waals surface area (Å²) in [6, 6.07) is 11.4. The quantitative estimate of drug-likeness (QED) is 0.401. The van der Waals surface area contributed by atoms with Crippen molar-refractivity contribution in [1.82, 2.24) is 9.80 Å². The molecule has 3 atom stereocenters. The van der Waals surface area contributed by atoms with E-state index in [-0.39, 0.29) is 30.6 Å². The molecule has 1 aliphatic heterocycles. The number of aliphatic hydroxyl groups is 1. The van der Waals surface area contributed by atoms with Gasteiger partial charge in [0.05, 0.1) is 25.3 Å². The van der Waals surface area contributed by atoms with Gasteiger partial charge in [0.1, 0.15) is 17.6 Å². The maximum atomic E-state index is 13.7. The van der Waals surface area contributed by atoms with Crippen LogP contribution in [0.5, 0.6) is 11.5 Å². The Morgan fingerprint density at radius 1 is 1.10 bits per heavy atom. The van der Waals surface area contributed by atoms with Gasteiger partial charge in [-0.25, -0.2) is 4.79 Å². The fourth-order valence-corrected chi connectivity index (χ4v) is 5.68. The van der Waals surface area contributed by atoms with Gasteiger partial charge in [-0.05, 0) is 75.2 Å². The summed E-state index contributed by atoms with van der Waals surface area (Å²) in [6.45, 7) is 6.08. The predicted molar refractivity (Wildman–Crippen MR) is 157 cm³/mol. The Morgan fingerprint density at radius 2 is 1.77 bits per heavy atom. The second kappa shape index (κ2) is 13.9. The fraction of sp³-hybridized carbons (Fsp3) is 0.548. The summed E-state index contributed by atoms with van der Waals surface area (Å²) >= 11 is 0. The zero-order chi connectivity index (χ0) is 28.6. The third kappa shape index (κ3) is 7.67. The molecular formula is C31H44N4O5. The second-order valence-electron chi connectivity index (χ2n) is 11.4. The van der Waals surface area contributed by atoms with E-state index in [1.54, 1.807) is 54.5 Å². The van der Waals surface area contributed by atoms with Crippen molar-refractivity contribution in [3.05, 3.63) is 48.0 Å². The zero-order valence-electron chi connectivity index (χ0n) is 24.2. The van der Waals surface area contributed by atoms with Gasteiger partial charge in [-0.2, -0.15) is 0 Å². The molecule has 0 radical (unpaired) electrons. The lowest BCUT2D eigenvalue weighted by molar-refractivity contribution is 0.0330. The Hall–Kier alpha value is -3.30. The number of benzene rings is 2. The molecule has 0 unspecified atom stereocenters. The Morgan fingerprint density at radius 3 is 2.45 bits per heavy atom. The van der Waals surface area contributed by atoms with Crippen LogP contribution in [-0.4, -0.2) is 79.4 Å². The number of hydrogen-bond donors (Lipinski definition) is 3. The van der Waals surface area contributed by atoms with E-state index in [0.29, 0.717) is 35.0 Å². The van der Waals surface area contributed by atoms with Crippen LogP contribution < -0.4 is 20.1 Å². The first-order chi connectivity index (χ1) is 19.3. The molecule has 0 spiro atoms. The van der Waals surface area contributed by atoms with E-state index >= 15 is 0 Å². The van der Waals surface area contributed by atoms with Gasteiger partial charge in [0, 0.05) is 36.9 Å². The average Bonchev–Trinajstić information content (AvgIpc) is 2.95. The monoisotopic (exact) mass is 552 g/mol. The van der Waals surface area contributed by atoms with Crippen molar-refractivity contribution >= 4 is 23.3 Å². The van der Waals surface area contributed by atoms with Crippen LogP contribution in [0, 0.1) is 11.8 Å². The standard InChI is InChI=1S/C31H44N4O5/c1-21-17-35(22(2)20-36)30(37)27-16-25(33-31(38)32-24-10-13-26(39-4)14-11-24)12-15-28(27)40-29(21)19-34(3)18-23-8-6-5-7-9-23/h10-16,21-23,29,36H,5-9,17-20H2,1-4H3,(H2,32,33,38)/t21-,22-,29-/m0/s1. The third-order valence-corrected chi connectivity index (χ3v) is 8.06. The highest BCUT2D eigenvalue weighted by molar-refractivity contribution is 6.02. The number of carbonyl (C=O) groups is 2. The number of urea groups is 1. The number of carbonyl (C=O) groups excluding carboxylic acids is 2. The van der Waals surface area contributed by atoms with Crippen molar-refractivity contribution in [2.24, 2.45) is 11.8 Å². The topological polar surface area (TPSA) is 103 Å². The molecule has 1 heterocycles. The lowest BCUT2D eigenvalue weighted by Gasteiger charge is -2.38. The highest BCUT2D eigenvalue weighted by atomic mass is 16.5. The molecule has 1 fully saturated rings. The van der Waals surface area contributed by atoms with E-state index in [1.807, 2.05) is 6.92 Å². The summed E-state index contributed by atoms with van der Waals surface area (Å²) < 4.78 is 11.7. The molecule has 1 saturated carbocycles. The van der Waals surface area contributed by atoms with Gasteiger partial charge in [-0.15, -0.1) is 0 Å². The van der Waals surface area contributed by atoms with E-state index in [2.05, 4.69) is 29.5 Å². The first-order valence-electron chi connectivity index (χ1n) is 14.4. The molecule has 2 aromatic rings. The van der Waals surface area contributed by atoms with Gasteiger partial charge < -0.3 is 35.0 Å². The van der Waals surface area contributed by atoms with E-state index in [1.165, 1.54) is 32.1 Å². The van der Waals surface area contributed by atoms with Crippen molar-refractivity contribution < 1.29 is 24.2 Å². The molecule has 3 N–H and O–H groups in total. The summed E-state index contributed by atoms with van der Waals surface area (Å²) in [5.74, 6) is 1.74. The summed E-state index contributed by atoms with van der Waals surface area (Å²) in [7, 11) is 3.74. The Bertz CT molecular complexity index is 1140. The molecule has 4 rings (SSSR count). The summed E-state index contributed by atoms with van der Waals surface area (Å²) in [6.07, 6.45) is 6.40. The number of nitrogens with zero attached hydrogens (tertiary/aromatic N) is 2.